The summed E-state index contributed by atoms with van der Waals surface area (Å²) < 4.78 is 11.4. The molecule has 0 aromatic heterocycles. The zero-order valence-corrected chi connectivity index (χ0v) is 28.6. The van der Waals surface area contributed by atoms with Gasteiger partial charge in [-0.05, 0) is 0 Å². The first-order valence-electron chi connectivity index (χ1n) is 15.4. The summed E-state index contributed by atoms with van der Waals surface area (Å²) in [6, 6.07) is -0.256. The van der Waals surface area contributed by atoms with Crippen LogP contribution in [-0.4, -0.2) is 43.0 Å². The van der Waals surface area contributed by atoms with Crippen molar-refractivity contribution >= 4 is 5.97 Å². The van der Waals surface area contributed by atoms with Gasteiger partial charge >= 0.3 is 243 Å². The van der Waals surface area contributed by atoms with E-state index in [-0.39, 0.29) is 39.8 Å². The molecule has 4 aliphatic carbocycles. The fourth-order valence-electron chi connectivity index (χ4n) is 11.4. The van der Waals surface area contributed by atoms with E-state index in [1.54, 1.807) is 0 Å². The van der Waals surface area contributed by atoms with Gasteiger partial charge in [0.05, 0.1) is 7.11 Å². The molecule has 10 atom stereocenters. The van der Waals surface area contributed by atoms with Crippen LogP contribution < -0.4 is 5.32 Å². The molecule has 4 saturated carbocycles. The molecule has 0 radical (unpaired) electrons. The number of methoxy groups -OCH3 is 1. The molecule has 4 fully saturated rings. The van der Waals surface area contributed by atoms with E-state index in [0.717, 1.165) is 32.2 Å². The second kappa shape index (κ2) is 10.8. The zero-order valence-electron chi connectivity index (χ0n) is 25.7. The summed E-state index contributed by atoms with van der Waals surface area (Å²) in [7, 11) is 1.45. The van der Waals surface area contributed by atoms with E-state index in [1.165, 1.54) is 64.4 Å². The summed E-state index contributed by atoms with van der Waals surface area (Å²) in [5, 5.41) is 14.3. The predicted molar refractivity (Wildman–Crippen MR) is 148 cm³/mol. The number of fused-ring (bicyclic) bond motifs is 5. The Hall–Kier alpha value is 0.233. The van der Waals surface area contributed by atoms with Gasteiger partial charge in [-0.1, -0.05) is 0 Å². The van der Waals surface area contributed by atoms with Crippen molar-refractivity contribution in [3.05, 3.63) is 0 Å². The minimum atomic E-state index is -0.256. The van der Waals surface area contributed by atoms with Crippen LogP contribution in [0.3, 0.4) is 0 Å². The molecule has 0 amide bonds. The minimum absolute atomic E-state index is 0.0131. The molecule has 2 N–H and O–H groups in total. The molecule has 0 bridgehead atoms. The number of carbonyl (C=O) groups excluding carboxylic acids is 1. The third-order valence-corrected chi connectivity index (χ3v) is 14.1. The van der Waals surface area contributed by atoms with Crippen LogP contribution in [0, 0.1) is 75.9 Å². The number of aliphatic hydroxyl groups is 1. The average Bonchev–Trinajstić information content (AvgIpc) is 3.23. The molecular weight excluding hydrogens is 672 g/mol. The molecule has 0 aromatic rings. The van der Waals surface area contributed by atoms with Crippen molar-refractivity contribution < 1.29 is 42.6 Å². The maximum absolute atomic E-state index is 11.8. The second-order valence-electron chi connectivity index (χ2n) is 15.7. The molecule has 5 nitrogen and oxygen atoms in total. The third kappa shape index (κ3) is 4.76. The Labute approximate surface area is 248 Å². The fourth-order valence-corrected chi connectivity index (χ4v) is 12.4. The summed E-state index contributed by atoms with van der Waals surface area (Å²) in [6.07, 6.45) is 10.7. The molecule has 0 heterocycles. The van der Waals surface area contributed by atoms with Crippen molar-refractivity contribution in [2.24, 2.45) is 50.7 Å². The first-order valence-corrected chi connectivity index (χ1v) is 16.6. The Balaban J connectivity index is 1.56. The van der Waals surface area contributed by atoms with E-state index < -0.39 is 0 Å². The molecule has 4 aliphatic rings. The van der Waals surface area contributed by atoms with Gasteiger partial charge < -0.3 is 0 Å². The van der Waals surface area contributed by atoms with Gasteiger partial charge in [0.1, 0.15) is 0 Å². The number of esters is 1. The SMILES string of the molecule is COC(=O)C(C)NCCCC(C)(C)C1CCC2C1(C)C(O[At])CC1[C@@]2(C)CCC2C(C)(C)[C@@H](O)CC[C@@]21C. The Morgan fingerprint density at radius 3 is 2.29 bits per heavy atom. The number of nitrogens with one attached hydrogen (secondary N) is 1. The first kappa shape index (κ1) is 31.2. The summed E-state index contributed by atoms with van der Waals surface area (Å²) >= 11 is 1.49. The van der Waals surface area contributed by atoms with E-state index in [4.69, 9.17) is 7.55 Å². The van der Waals surface area contributed by atoms with Gasteiger partial charge in [0.25, 0.3) is 0 Å². The molecule has 38 heavy (non-hydrogen) atoms. The van der Waals surface area contributed by atoms with E-state index in [0.29, 0.717) is 35.2 Å². The Morgan fingerprint density at radius 1 is 1.03 bits per heavy atom. The van der Waals surface area contributed by atoms with E-state index in [9.17, 15) is 9.90 Å². The van der Waals surface area contributed by atoms with E-state index in [1.807, 2.05) is 6.92 Å². The van der Waals surface area contributed by atoms with Gasteiger partial charge in [-0.3, -0.25) is 0 Å². The quantitative estimate of drug-likeness (QED) is 0.222. The van der Waals surface area contributed by atoms with Crippen LogP contribution in [0.25, 0.3) is 0 Å². The van der Waals surface area contributed by atoms with Gasteiger partial charge in [-0.25, -0.2) is 0 Å². The molecule has 0 spiro atoms. The Morgan fingerprint density at radius 2 is 1.66 bits per heavy atom. The van der Waals surface area contributed by atoms with Crippen molar-refractivity contribution in [3.63, 3.8) is 0 Å². The van der Waals surface area contributed by atoms with Gasteiger partial charge in [0, 0.05) is 0 Å². The number of hydrogen-bond donors (Lipinski definition) is 2. The summed E-state index contributed by atoms with van der Waals surface area (Å²) in [6.45, 7) is 20.2. The second-order valence-corrected chi connectivity index (χ2v) is 16.4. The topological polar surface area (TPSA) is 67.8 Å². The van der Waals surface area contributed by atoms with Crippen LogP contribution in [0.4, 0.5) is 0 Å². The molecule has 7 unspecified atom stereocenters. The molecule has 220 valence electrons. The van der Waals surface area contributed by atoms with Gasteiger partial charge in [0.15, 0.2) is 0 Å². The Kier molecular flexibility index (Phi) is 8.87. The monoisotopic (exact) mass is 728 g/mol. The van der Waals surface area contributed by atoms with Gasteiger partial charge in [0.2, 0.25) is 0 Å². The van der Waals surface area contributed by atoms with Crippen LogP contribution in [0.2, 0.25) is 0 Å². The van der Waals surface area contributed by atoms with Crippen molar-refractivity contribution in [1.29, 1.82) is 0 Å². The van der Waals surface area contributed by atoms with Gasteiger partial charge in [-0.2, -0.15) is 0 Å². The van der Waals surface area contributed by atoms with Crippen LogP contribution >= 0.6 is 0 Å². The first-order chi connectivity index (χ1) is 17.6. The van der Waals surface area contributed by atoms with Crippen molar-refractivity contribution in [3.8, 4) is 0 Å². The summed E-state index contributed by atoms with van der Waals surface area (Å²) in [5.41, 5.74) is 0.991. The van der Waals surface area contributed by atoms with Crippen molar-refractivity contribution in [2.45, 2.75) is 131 Å². The zero-order chi connectivity index (χ0) is 28.3. The van der Waals surface area contributed by atoms with Crippen LogP contribution in [0.1, 0.15) is 113 Å². The number of ether oxygens (including phenoxy) is 1. The Bertz CT molecular complexity index is 878. The maximum atomic E-state index is 11.8. The normalized spacial score (nSPS) is 45.0. The molecule has 0 saturated heterocycles. The predicted octanol–water partition coefficient (Wildman–Crippen LogP) is 6.45. The van der Waals surface area contributed by atoms with E-state index in [2.05, 4.69) is 53.8 Å². The van der Waals surface area contributed by atoms with Crippen molar-refractivity contribution in [2.75, 3.05) is 13.7 Å². The standard InChI is InChI=1S/C32H56AtNO4/c1-20(27(36)37-9)34-18-10-15-28(2,3)21-11-12-23-31(7)16-13-22-29(4,5)25(35)14-17-30(22,6)24(31)19-26(38-33)32(21,23)8/h20-26,34-35H,10-19H2,1-9H3/t20?,21?,22?,23?,24?,25-,26?,30-,31-,32?/m0/s1. The summed E-state index contributed by atoms with van der Waals surface area (Å²) in [4.78, 5) is 11.8. The van der Waals surface area contributed by atoms with Crippen molar-refractivity contribution in [1.82, 2.24) is 5.32 Å². The fraction of sp³-hybridized carbons (Fsp3) is 0.969. The molecule has 6 heteroatoms. The van der Waals surface area contributed by atoms with Crippen LogP contribution in [-0.2, 0) is 12.3 Å². The summed E-state index contributed by atoms with van der Waals surface area (Å²) in [5.74, 6) is 2.36. The molecule has 0 aliphatic heterocycles. The molecule has 0 aromatic carbocycles. The number of hydrogen-bond acceptors (Lipinski definition) is 5. The van der Waals surface area contributed by atoms with E-state index >= 15 is 0 Å². The average molecular weight is 729 g/mol. The molecule has 4 rings (SSSR count). The van der Waals surface area contributed by atoms with Gasteiger partial charge in [-0.15, -0.1) is 0 Å². The number of aliphatic hydroxyl groups excluding tert-OH is 1. The van der Waals surface area contributed by atoms with Crippen LogP contribution in [0.15, 0.2) is 0 Å². The number of carbonyl (C=O) groups is 1. The van der Waals surface area contributed by atoms with Crippen LogP contribution in [0.5, 0.6) is 0 Å². The number of rotatable bonds is 8. The third-order valence-electron chi connectivity index (χ3n) is 13.3. The molecular formula is C32H56AtNO4.